The van der Waals surface area contributed by atoms with Gasteiger partial charge >= 0.3 is 0 Å². The van der Waals surface area contributed by atoms with Gasteiger partial charge in [-0.05, 0) is 30.7 Å². The topological polar surface area (TPSA) is 50.8 Å². The molecule has 0 saturated carbocycles. The Kier molecular flexibility index (Phi) is 6.50. The molecule has 0 unspecified atom stereocenters. The van der Waals surface area contributed by atoms with Crippen LogP contribution < -0.4 is 10.1 Å². The van der Waals surface area contributed by atoms with Crippen molar-refractivity contribution in [1.82, 2.24) is 10.2 Å². The highest BCUT2D eigenvalue weighted by Crippen LogP contribution is 2.12. The average molecular weight is 292 g/mol. The number of methoxy groups -OCH3 is 1. The monoisotopic (exact) mass is 292 g/mol. The van der Waals surface area contributed by atoms with E-state index in [4.69, 9.17) is 9.47 Å². The van der Waals surface area contributed by atoms with Gasteiger partial charge in [0.25, 0.3) is 0 Å². The van der Waals surface area contributed by atoms with Gasteiger partial charge in [-0.2, -0.15) is 0 Å². The fourth-order valence-corrected chi connectivity index (χ4v) is 2.39. The zero-order valence-electron chi connectivity index (χ0n) is 12.6. The largest absolute Gasteiger partial charge is 0.497 e. The van der Waals surface area contributed by atoms with Crippen LogP contribution in [0.5, 0.6) is 5.75 Å². The van der Waals surface area contributed by atoms with E-state index in [1.54, 1.807) is 7.11 Å². The highest BCUT2D eigenvalue weighted by molar-refractivity contribution is 5.78. The first kappa shape index (κ1) is 15.8. The lowest BCUT2D eigenvalue weighted by Gasteiger charge is -2.26. The second kappa shape index (κ2) is 8.64. The minimum atomic E-state index is 0.0604. The van der Waals surface area contributed by atoms with E-state index in [2.05, 4.69) is 10.2 Å². The molecule has 0 aromatic heterocycles. The molecular weight excluding hydrogens is 268 g/mol. The fraction of sp³-hybridized carbons (Fsp3) is 0.562. The predicted octanol–water partition coefficient (Wildman–Crippen LogP) is 1.08. The van der Waals surface area contributed by atoms with Crippen LogP contribution in [0.4, 0.5) is 0 Å². The highest BCUT2D eigenvalue weighted by atomic mass is 16.5. The molecule has 5 heteroatoms. The van der Waals surface area contributed by atoms with Crippen molar-refractivity contribution in [2.75, 3.05) is 46.5 Å². The van der Waals surface area contributed by atoms with Gasteiger partial charge in [-0.15, -0.1) is 0 Å². The van der Waals surface area contributed by atoms with Crippen molar-refractivity contribution in [3.8, 4) is 5.75 Å². The molecular formula is C16H24N2O3. The number of nitrogens with one attached hydrogen (secondary N) is 1. The van der Waals surface area contributed by atoms with Gasteiger partial charge in [0.2, 0.25) is 5.91 Å². The molecule has 0 radical (unpaired) electrons. The minimum absolute atomic E-state index is 0.0604. The number of hydrogen-bond acceptors (Lipinski definition) is 4. The van der Waals surface area contributed by atoms with E-state index >= 15 is 0 Å². The molecule has 1 N–H and O–H groups in total. The zero-order valence-corrected chi connectivity index (χ0v) is 12.6. The molecule has 0 aliphatic carbocycles. The Hall–Kier alpha value is -1.59. The van der Waals surface area contributed by atoms with Gasteiger partial charge in [0.05, 0.1) is 26.7 Å². The molecule has 21 heavy (non-hydrogen) atoms. The van der Waals surface area contributed by atoms with E-state index in [0.29, 0.717) is 6.42 Å². The maximum Gasteiger partial charge on any atom is 0.224 e. The lowest BCUT2D eigenvalue weighted by molar-refractivity contribution is -0.120. The maximum absolute atomic E-state index is 11.9. The molecule has 1 aliphatic heterocycles. The smallest absolute Gasteiger partial charge is 0.224 e. The van der Waals surface area contributed by atoms with Crippen molar-refractivity contribution in [3.05, 3.63) is 29.8 Å². The van der Waals surface area contributed by atoms with E-state index in [1.807, 2.05) is 24.3 Å². The number of nitrogens with zero attached hydrogens (tertiary/aromatic N) is 1. The molecule has 1 heterocycles. The Balaban J connectivity index is 1.62. The Morgan fingerprint density at radius 1 is 1.38 bits per heavy atom. The van der Waals surface area contributed by atoms with Gasteiger partial charge in [0.1, 0.15) is 5.75 Å². The summed E-state index contributed by atoms with van der Waals surface area (Å²) < 4.78 is 10.5. The Labute approximate surface area is 126 Å². The molecule has 1 fully saturated rings. The quantitative estimate of drug-likeness (QED) is 0.764. The summed E-state index contributed by atoms with van der Waals surface area (Å²) in [6.07, 6.45) is 1.37. The third-order valence-corrected chi connectivity index (χ3v) is 3.58. The van der Waals surface area contributed by atoms with E-state index < -0.39 is 0 Å². The van der Waals surface area contributed by atoms with E-state index in [1.165, 1.54) is 0 Å². The summed E-state index contributed by atoms with van der Waals surface area (Å²) in [6.45, 7) is 5.38. The molecule has 1 aromatic rings. The summed E-state index contributed by atoms with van der Waals surface area (Å²) in [5.41, 5.74) is 0.972. The number of hydrogen-bond donors (Lipinski definition) is 1. The third-order valence-electron chi connectivity index (χ3n) is 3.58. The van der Waals surface area contributed by atoms with Gasteiger partial charge in [-0.25, -0.2) is 0 Å². The van der Waals surface area contributed by atoms with Crippen molar-refractivity contribution in [2.45, 2.75) is 12.8 Å². The van der Waals surface area contributed by atoms with E-state index in [0.717, 1.165) is 57.1 Å². The fourth-order valence-electron chi connectivity index (χ4n) is 2.39. The van der Waals surface area contributed by atoms with Crippen molar-refractivity contribution < 1.29 is 14.3 Å². The average Bonchev–Trinajstić information content (AvgIpc) is 2.53. The first-order chi connectivity index (χ1) is 10.3. The predicted molar refractivity (Wildman–Crippen MR) is 81.6 cm³/mol. The zero-order chi connectivity index (χ0) is 14.9. The van der Waals surface area contributed by atoms with Crippen LogP contribution in [0.15, 0.2) is 24.3 Å². The number of benzene rings is 1. The number of morpholine rings is 1. The van der Waals surface area contributed by atoms with Gasteiger partial charge in [-0.1, -0.05) is 12.1 Å². The molecule has 1 aliphatic rings. The molecule has 1 amide bonds. The van der Waals surface area contributed by atoms with Gasteiger partial charge < -0.3 is 14.8 Å². The van der Waals surface area contributed by atoms with Crippen molar-refractivity contribution in [3.63, 3.8) is 0 Å². The van der Waals surface area contributed by atoms with E-state index in [-0.39, 0.29) is 5.91 Å². The van der Waals surface area contributed by atoms with Gasteiger partial charge in [0, 0.05) is 19.6 Å². The van der Waals surface area contributed by atoms with Crippen LogP contribution in [-0.2, 0) is 16.0 Å². The normalized spacial score (nSPS) is 15.7. The second-order valence-electron chi connectivity index (χ2n) is 5.19. The first-order valence-electron chi connectivity index (χ1n) is 7.47. The summed E-state index contributed by atoms with van der Waals surface area (Å²) in [5.74, 6) is 0.845. The van der Waals surface area contributed by atoms with Crippen LogP contribution in [0.3, 0.4) is 0 Å². The Morgan fingerprint density at radius 3 is 2.95 bits per heavy atom. The molecule has 116 valence electrons. The van der Waals surface area contributed by atoms with E-state index in [9.17, 15) is 4.79 Å². The summed E-state index contributed by atoms with van der Waals surface area (Å²) in [6, 6.07) is 7.62. The lowest BCUT2D eigenvalue weighted by Crippen LogP contribution is -2.38. The Morgan fingerprint density at radius 2 is 2.19 bits per heavy atom. The standard InChI is InChI=1S/C16H24N2O3/c1-20-15-5-2-4-14(12-15)13-16(19)17-6-3-7-18-8-10-21-11-9-18/h2,4-5,12H,3,6-11,13H2,1H3,(H,17,19). The molecule has 0 spiro atoms. The minimum Gasteiger partial charge on any atom is -0.497 e. The summed E-state index contributed by atoms with van der Waals surface area (Å²) in [7, 11) is 1.63. The number of carbonyl (C=O) groups excluding carboxylic acids is 1. The van der Waals surface area contributed by atoms with Crippen LogP contribution in [-0.4, -0.2) is 57.3 Å². The van der Waals surface area contributed by atoms with Crippen molar-refractivity contribution >= 4 is 5.91 Å². The summed E-state index contributed by atoms with van der Waals surface area (Å²) >= 11 is 0. The molecule has 0 bridgehead atoms. The summed E-state index contributed by atoms with van der Waals surface area (Å²) in [4.78, 5) is 14.3. The van der Waals surface area contributed by atoms with Crippen LogP contribution >= 0.6 is 0 Å². The Bertz CT molecular complexity index is 445. The number of ether oxygens (including phenoxy) is 2. The number of rotatable bonds is 7. The summed E-state index contributed by atoms with van der Waals surface area (Å²) in [5, 5.41) is 2.97. The van der Waals surface area contributed by atoms with Crippen LogP contribution in [0.2, 0.25) is 0 Å². The van der Waals surface area contributed by atoms with Crippen molar-refractivity contribution in [1.29, 1.82) is 0 Å². The molecule has 1 aromatic carbocycles. The highest BCUT2D eigenvalue weighted by Gasteiger charge is 2.09. The SMILES string of the molecule is COc1cccc(CC(=O)NCCCN2CCOCC2)c1. The molecule has 5 nitrogen and oxygen atoms in total. The lowest BCUT2D eigenvalue weighted by atomic mass is 10.1. The molecule has 1 saturated heterocycles. The number of amides is 1. The van der Waals surface area contributed by atoms with Crippen LogP contribution in [0.25, 0.3) is 0 Å². The van der Waals surface area contributed by atoms with Gasteiger partial charge in [-0.3, -0.25) is 9.69 Å². The third kappa shape index (κ3) is 5.73. The first-order valence-corrected chi connectivity index (χ1v) is 7.47. The van der Waals surface area contributed by atoms with Crippen LogP contribution in [0, 0.1) is 0 Å². The van der Waals surface area contributed by atoms with Gasteiger partial charge in [0.15, 0.2) is 0 Å². The number of carbonyl (C=O) groups is 1. The van der Waals surface area contributed by atoms with Crippen molar-refractivity contribution in [2.24, 2.45) is 0 Å². The molecule has 2 rings (SSSR count). The maximum atomic E-state index is 11.9. The second-order valence-corrected chi connectivity index (χ2v) is 5.19. The van der Waals surface area contributed by atoms with Crippen LogP contribution in [0.1, 0.15) is 12.0 Å². The molecule has 0 atom stereocenters.